The molecule has 4 unspecified atom stereocenters. The van der Waals surface area contributed by atoms with Crippen molar-refractivity contribution in [3.05, 3.63) is 22.4 Å². The molecule has 0 radical (unpaired) electrons. The molecule has 0 aromatic carbocycles. The van der Waals surface area contributed by atoms with Gasteiger partial charge < -0.3 is 4.90 Å². The molecule has 0 saturated carbocycles. The molecule has 2 rings (SSSR count). The standard InChI is InChI=1S/C14H22N2OS/c1-5-9(2)11(4)16-13(12-7-6-8-18-12)15-10(3)14(16)17/h6-11,13,15H,5H2,1-4H3. The van der Waals surface area contributed by atoms with Crippen molar-refractivity contribution in [2.45, 2.75) is 52.4 Å². The number of rotatable bonds is 4. The number of nitrogens with zero attached hydrogens (tertiary/aromatic N) is 1. The molecule has 1 aromatic heterocycles. The topological polar surface area (TPSA) is 32.3 Å². The third-order valence-corrected chi connectivity index (χ3v) is 4.95. The summed E-state index contributed by atoms with van der Waals surface area (Å²) in [6.45, 7) is 8.50. The van der Waals surface area contributed by atoms with Crippen LogP contribution in [0.25, 0.3) is 0 Å². The Kier molecular flexibility index (Phi) is 4.07. The number of nitrogens with one attached hydrogen (secondary N) is 1. The molecule has 1 aliphatic rings. The average molecular weight is 266 g/mol. The van der Waals surface area contributed by atoms with E-state index >= 15 is 0 Å². The predicted octanol–water partition coefficient (Wildman–Crippen LogP) is 3.00. The van der Waals surface area contributed by atoms with E-state index in [4.69, 9.17) is 0 Å². The number of hydrogen-bond acceptors (Lipinski definition) is 3. The molecule has 1 amide bonds. The molecular formula is C14H22N2OS. The zero-order valence-corrected chi connectivity index (χ0v) is 12.3. The van der Waals surface area contributed by atoms with Crippen LogP contribution in [0.5, 0.6) is 0 Å². The molecule has 0 aliphatic carbocycles. The van der Waals surface area contributed by atoms with Crippen LogP contribution >= 0.6 is 11.3 Å². The maximum Gasteiger partial charge on any atom is 0.241 e. The Morgan fingerprint density at radius 2 is 2.22 bits per heavy atom. The van der Waals surface area contributed by atoms with E-state index in [1.165, 1.54) is 4.88 Å². The second kappa shape index (κ2) is 5.41. The minimum atomic E-state index is -0.0800. The van der Waals surface area contributed by atoms with E-state index < -0.39 is 0 Å². The molecule has 0 spiro atoms. The highest BCUT2D eigenvalue weighted by Gasteiger charge is 2.41. The summed E-state index contributed by atoms with van der Waals surface area (Å²) in [7, 11) is 0. The first-order valence-corrected chi connectivity index (χ1v) is 7.55. The predicted molar refractivity (Wildman–Crippen MR) is 75.4 cm³/mol. The maximum absolute atomic E-state index is 12.3. The van der Waals surface area contributed by atoms with E-state index in [0.29, 0.717) is 5.92 Å². The van der Waals surface area contributed by atoms with Crippen molar-refractivity contribution < 1.29 is 4.79 Å². The highest BCUT2D eigenvalue weighted by Crippen LogP contribution is 2.32. The van der Waals surface area contributed by atoms with Gasteiger partial charge in [0.15, 0.2) is 0 Å². The molecule has 100 valence electrons. The molecule has 1 fully saturated rings. The van der Waals surface area contributed by atoms with Gasteiger partial charge in [-0.3, -0.25) is 10.1 Å². The van der Waals surface area contributed by atoms with Gasteiger partial charge in [0.1, 0.15) is 6.17 Å². The first kappa shape index (κ1) is 13.6. The molecule has 0 bridgehead atoms. The Bertz CT molecular complexity index is 404. The van der Waals surface area contributed by atoms with Crippen LogP contribution in [0.15, 0.2) is 17.5 Å². The van der Waals surface area contributed by atoms with E-state index in [1.54, 1.807) is 11.3 Å². The summed E-state index contributed by atoms with van der Waals surface area (Å²) in [4.78, 5) is 15.6. The van der Waals surface area contributed by atoms with Gasteiger partial charge in [-0.2, -0.15) is 0 Å². The van der Waals surface area contributed by atoms with Gasteiger partial charge in [-0.15, -0.1) is 11.3 Å². The third kappa shape index (κ3) is 2.31. The van der Waals surface area contributed by atoms with Crippen molar-refractivity contribution in [1.29, 1.82) is 0 Å². The molecular weight excluding hydrogens is 244 g/mol. The van der Waals surface area contributed by atoms with Gasteiger partial charge in [-0.05, 0) is 31.2 Å². The molecule has 4 heteroatoms. The zero-order chi connectivity index (χ0) is 13.3. The summed E-state index contributed by atoms with van der Waals surface area (Å²) in [5.41, 5.74) is 0. The van der Waals surface area contributed by atoms with Crippen LogP contribution in [0.4, 0.5) is 0 Å². The lowest BCUT2D eigenvalue weighted by Crippen LogP contribution is -2.41. The van der Waals surface area contributed by atoms with Gasteiger partial charge >= 0.3 is 0 Å². The van der Waals surface area contributed by atoms with Gasteiger partial charge in [0.2, 0.25) is 5.91 Å². The Hall–Kier alpha value is -0.870. The van der Waals surface area contributed by atoms with Crippen molar-refractivity contribution in [2.24, 2.45) is 5.92 Å². The van der Waals surface area contributed by atoms with Crippen LogP contribution in [-0.2, 0) is 4.79 Å². The van der Waals surface area contributed by atoms with Gasteiger partial charge in [-0.25, -0.2) is 0 Å². The van der Waals surface area contributed by atoms with E-state index in [0.717, 1.165) is 6.42 Å². The lowest BCUT2D eigenvalue weighted by Gasteiger charge is -2.33. The maximum atomic E-state index is 12.3. The van der Waals surface area contributed by atoms with E-state index in [1.807, 2.05) is 17.9 Å². The van der Waals surface area contributed by atoms with Crippen LogP contribution in [0.2, 0.25) is 0 Å². The first-order chi connectivity index (χ1) is 8.56. The smallest absolute Gasteiger partial charge is 0.241 e. The van der Waals surface area contributed by atoms with Gasteiger partial charge in [-0.1, -0.05) is 26.3 Å². The zero-order valence-electron chi connectivity index (χ0n) is 11.5. The largest absolute Gasteiger partial charge is 0.318 e. The molecule has 1 aliphatic heterocycles. The fraction of sp³-hybridized carbons (Fsp3) is 0.643. The highest BCUT2D eigenvalue weighted by molar-refractivity contribution is 7.10. The fourth-order valence-corrected chi connectivity index (χ4v) is 3.24. The summed E-state index contributed by atoms with van der Waals surface area (Å²) < 4.78 is 0. The number of hydrogen-bond donors (Lipinski definition) is 1. The van der Waals surface area contributed by atoms with Gasteiger partial charge in [0, 0.05) is 10.9 Å². The van der Waals surface area contributed by atoms with Crippen molar-refractivity contribution >= 4 is 17.2 Å². The Morgan fingerprint density at radius 3 is 2.78 bits per heavy atom. The lowest BCUT2D eigenvalue weighted by atomic mass is 9.99. The highest BCUT2D eigenvalue weighted by atomic mass is 32.1. The summed E-state index contributed by atoms with van der Waals surface area (Å²) in [6.07, 6.45) is 1.15. The Balaban J connectivity index is 2.26. The van der Waals surface area contributed by atoms with Crippen molar-refractivity contribution in [3.8, 4) is 0 Å². The minimum Gasteiger partial charge on any atom is -0.318 e. The Morgan fingerprint density at radius 1 is 1.50 bits per heavy atom. The molecule has 1 saturated heterocycles. The second-order valence-corrected chi connectivity index (χ2v) is 6.16. The van der Waals surface area contributed by atoms with E-state index in [9.17, 15) is 4.79 Å². The van der Waals surface area contributed by atoms with Crippen molar-refractivity contribution in [2.75, 3.05) is 0 Å². The van der Waals surface area contributed by atoms with Gasteiger partial charge in [0.25, 0.3) is 0 Å². The monoisotopic (exact) mass is 266 g/mol. The molecule has 18 heavy (non-hydrogen) atoms. The summed E-state index contributed by atoms with van der Waals surface area (Å²) in [6, 6.07) is 4.33. The van der Waals surface area contributed by atoms with Crippen LogP contribution in [0.1, 0.15) is 45.2 Å². The Labute approximate surface area is 113 Å². The van der Waals surface area contributed by atoms with Crippen LogP contribution < -0.4 is 5.32 Å². The molecule has 3 nitrogen and oxygen atoms in total. The normalized spacial score (nSPS) is 27.6. The van der Waals surface area contributed by atoms with Gasteiger partial charge in [0.05, 0.1) is 6.04 Å². The minimum absolute atomic E-state index is 0.0523. The molecule has 4 atom stereocenters. The number of amides is 1. The van der Waals surface area contributed by atoms with Crippen molar-refractivity contribution in [1.82, 2.24) is 10.2 Å². The fourth-order valence-electron chi connectivity index (χ4n) is 2.46. The molecule has 1 N–H and O–H groups in total. The number of carbonyl (C=O) groups is 1. The summed E-state index contributed by atoms with van der Waals surface area (Å²) in [5, 5.41) is 5.47. The third-order valence-electron chi connectivity index (χ3n) is 4.03. The van der Waals surface area contributed by atoms with Crippen molar-refractivity contribution in [3.63, 3.8) is 0 Å². The number of thiophene rings is 1. The number of carbonyl (C=O) groups excluding carboxylic acids is 1. The van der Waals surface area contributed by atoms with E-state index in [2.05, 4.69) is 37.5 Å². The second-order valence-electron chi connectivity index (χ2n) is 5.18. The molecule has 1 aromatic rings. The SMILES string of the molecule is CCC(C)C(C)N1C(=O)C(C)NC1c1cccs1. The average Bonchev–Trinajstić information content (AvgIpc) is 2.97. The van der Waals surface area contributed by atoms with Crippen LogP contribution in [-0.4, -0.2) is 22.9 Å². The van der Waals surface area contributed by atoms with E-state index in [-0.39, 0.29) is 24.2 Å². The molecule has 2 heterocycles. The quantitative estimate of drug-likeness (QED) is 0.908. The first-order valence-electron chi connectivity index (χ1n) is 6.67. The lowest BCUT2D eigenvalue weighted by molar-refractivity contribution is -0.132. The van der Waals surface area contributed by atoms with Crippen LogP contribution in [0, 0.1) is 5.92 Å². The summed E-state index contributed by atoms with van der Waals surface area (Å²) in [5.74, 6) is 0.740. The summed E-state index contributed by atoms with van der Waals surface area (Å²) >= 11 is 1.71. The van der Waals surface area contributed by atoms with Crippen LogP contribution in [0.3, 0.4) is 0 Å².